The number of aromatic nitrogens is 2. The van der Waals surface area contributed by atoms with Gasteiger partial charge in [-0.2, -0.15) is 41.9 Å². The van der Waals surface area contributed by atoms with Crippen LogP contribution in [0.3, 0.4) is 0 Å². The van der Waals surface area contributed by atoms with Gasteiger partial charge in [0, 0.05) is 5.56 Å². The van der Waals surface area contributed by atoms with Crippen molar-refractivity contribution in [2.24, 2.45) is 5.10 Å². The van der Waals surface area contributed by atoms with Crippen LogP contribution in [-0.2, 0) is 16.2 Å². The van der Waals surface area contributed by atoms with Crippen LogP contribution in [0.4, 0.5) is 13.2 Å². The van der Waals surface area contributed by atoms with Crippen LogP contribution in [0.15, 0.2) is 52.6 Å². The fraction of sp³-hybridized carbons (Fsp3) is 0.105. The van der Waals surface area contributed by atoms with Crippen molar-refractivity contribution in [1.82, 2.24) is 15.0 Å². The highest BCUT2D eigenvalue weighted by Gasteiger charge is 2.33. The number of hydrazone groups is 1. The topological polar surface area (TPSA) is 111 Å². The number of halogens is 5. The van der Waals surface area contributed by atoms with Gasteiger partial charge in [0.05, 0.1) is 32.3 Å². The molecule has 3 aromatic rings. The molecule has 0 unspecified atom stereocenters. The minimum Gasteiger partial charge on any atom is -0.267 e. The Morgan fingerprint density at radius 3 is 2.31 bits per heavy atom. The van der Waals surface area contributed by atoms with Crippen LogP contribution in [0.2, 0.25) is 10.0 Å². The number of hydrogen-bond donors (Lipinski definition) is 2. The Bertz CT molecular complexity index is 1320. The molecule has 0 saturated carbocycles. The molecule has 0 saturated heterocycles. The van der Waals surface area contributed by atoms with Crippen molar-refractivity contribution in [2.75, 3.05) is 0 Å². The fourth-order valence-corrected chi connectivity index (χ4v) is 4.12. The standard InChI is InChI=1S/C19H12Cl2F3N5O2S/c1-10-2-4-12(5-3-10)32(30,31)29-28-18(13-9-26-27-16(13)8-25)17-14(20)6-11(7-15(17)21)19(22,23)24/h2-7,9,29H,1H3,(H,26,27). The van der Waals surface area contributed by atoms with Gasteiger partial charge in [-0.15, -0.1) is 0 Å². The molecule has 3 rings (SSSR count). The molecule has 0 spiro atoms. The SMILES string of the molecule is Cc1ccc(S(=O)(=O)NN=C(c2cn[nH]c2C#N)c2c(Cl)cc(C(F)(F)F)cc2Cl)cc1. The quantitative estimate of drug-likeness (QED) is 0.391. The smallest absolute Gasteiger partial charge is 0.267 e. The first-order valence-corrected chi connectivity index (χ1v) is 10.8. The van der Waals surface area contributed by atoms with Gasteiger partial charge in [-0.05, 0) is 31.2 Å². The second kappa shape index (κ2) is 8.82. The maximum Gasteiger partial charge on any atom is 0.416 e. The van der Waals surface area contributed by atoms with E-state index < -0.39 is 31.8 Å². The Morgan fingerprint density at radius 1 is 1.19 bits per heavy atom. The van der Waals surface area contributed by atoms with Crippen LogP contribution in [0.1, 0.15) is 27.9 Å². The Morgan fingerprint density at radius 2 is 1.78 bits per heavy atom. The van der Waals surface area contributed by atoms with Crippen molar-refractivity contribution in [3.8, 4) is 6.07 Å². The maximum atomic E-state index is 13.1. The average molecular weight is 502 g/mol. The second-order valence-electron chi connectivity index (χ2n) is 6.45. The van der Waals surface area contributed by atoms with Gasteiger partial charge in [0.25, 0.3) is 10.0 Å². The number of nitrogens with zero attached hydrogens (tertiary/aromatic N) is 3. The summed E-state index contributed by atoms with van der Waals surface area (Å²) < 4.78 is 64.6. The summed E-state index contributed by atoms with van der Waals surface area (Å²) in [6.45, 7) is 1.77. The first kappa shape index (κ1) is 23.6. The number of aromatic amines is 1. The molecule has 0 aliphatic carbocycles. The summed E-state index contributed by atoms with van der Waals surface area (Å²) in [4.78, 5) is 1.89. The minimum atomic E-state index is -4.72. The first-order valence-electron chi connectivity index (χ1n) is 8.60. The van der Waals surface area contributed by atoms with Crippen molar-refractivity contribution in [2.45, 2.75) is 18.0 Å². The number of aryl methyl sites for hydroxylation is 1. The predicted molar refractivity (Wildman–Crippen MR) is 112 cm³/mol. The molecule has 2 aromatic carbocycles. The number of benzene rings is 2. The normalized spacial score (nSPS) is 12.5. The van der Waals surface area contributed by atoms with Gasteiger partial charge < -0.3 is 0 Å². The van der Waals surface area contributed by atoms with E-state index in [1.54, 1.807) is 25.1 Å². The van der Waals surface area contributed by atoms with Gasteiger partial charge in [0.15, 0.2) is 0 Å². The van der Waals surface area contributed by atoms with Crippen LogP contribution in [0, 0.1) is 18.3 Å². The zero-order valence-corrected chi connectivity index (χ0v) is 18.3. The molecule has 1 heterocycles. The molecule has 0 radical (unpaired) electrons. The van der Waals surface area contributed by atoms with E-state index in [-0.39, 0.29) is 27.4 Å². The summed E-state index contributed by atoms with van der Waals surface area (Å²) in [5.41, 5.74) is -0.953. The highest BCUT2D eigenvalue weighted by Crippen LogP contribution is 2.37. The molecular weight excluding hydrogens is 490 g/mol. The largest absolute Gasteiger partial charge is 0.416 e. The fourth-order valence-electron chi connectivity index (χ4n) is 2.64. The molecule has 1 aromatic heterocycles. The van der Waals surface area contributed by atoms with Crippen molar-refractivity contribution in [1.29, 1.82) is 5.26 Å². The molecule has 166 valence electrons. The van der Waals surface area contributed by atoms with Crippen LogP contribution >= 0.6 is 23.2 Å². The lowest BCUT2D eigenvalue weighted by Crippen LogP contribution is -2.22. The van der Waals surface area contributed by atoms with Gasteiger partial charge in [0.1, 0.15) is 17.5 Å². The van der Waals surface area contributed by atoms with E-state index in [1.807, 2.05) is 4.83 Å². The van der Waals surface area contributed by atoms with Gasteiger partial charge in [-0.25, -0.2) is 0 Å². The van der Waals surface area contributed by atoms with E-state index in [0.29, 0.717) is 12.1 Å². The zero-order chi connectivity index (χ0) is 23.7. The van der Waals surface area contributed by atoms with Crippen LogP contribution < -0.4 is 4.83 Å². The van der Waals surface area contributed by atoms with Crippen molar-refractivity contribution in [3.63, 3.8) is 0 Å². The Hall–Kier alpha value is -3.07. The number of hydrogen-bond acceptors (Lipinski definition) is 5. The molecular formula is C19H12Cl2F3N5O2S. The highest BCUT2D eigenvalue weighted by atomic mass is 35.5. The lowest BCUT2D eigenvalue weighted by molar-refractivity contribution is -0.137. The van der Waals surface area contributed by atoms with Gasteiger partial charge in [0.2, 0.25) is 0 Å². The highest BCUT2D eigenvalue weighted by molar-refractivity contribution is 7.89. The Balaban J connectivity index is 2.17. The summed E-state index contributed by atoms with van der Waals surface area (Å²) in [6.07, 6.45) is -3.58. The summed E-state index contributed by atoms with van der Waals surface area (Å²) in [5.74, 6) is 0. The van der Waals surface area contributed by atoms with E-state index in [1.165, 1.54) is 12.1 Å². The summed E-state index contributed by atoms with van der Waals surface area (Å²) >= 11 is 12.2. The van der Waals surface area contributed by atoms with Crippen LogP contribution in [0.25, 0.3) is 0 Å². The maximum absolute atomic E-state index is 13.1. The van der Waals surface area contributed by atoms with Crippen molar-refractivity contribution < 1.29 is 21.6 Å². The number of nitriles is 1. The second-order valence-corrected chi connectivity index (χ2v) is 8.93. The van der Waals surface area contributed by atoms with Gasteiger partial charge in [-0.3, -0.25) is 5.10 Å². The molecule has 0 aliphatic rings. The monoisotopic (exact) mass is 501 g/mol. The molecule has 0 fully saturated rings. The molecule has 0 bridgehead atoms. The number of rotatable bonds is 5. The number of H-pyrrole nitrogens is 1. The molecule has 0 aliphatic heterocycles. The third-order valence-electron chi connectivity index (χ3n) is 4.22. The summed E-state index contributed by atoms with van der Waals surface area (Å²) in [5, 5.41) is 18.3. The molecule has 7 nitrogen and oxygen atoms in total. The van der Waals surface area contributed by atoms with Gasteiger partial charge >= 0.3 is 6.18 Å². The molecule has 0 amide bonds. The molecule has 2 N–H and O–H groups in total. The molecule has 32 heavy (non-hydrogen) atoms. The van der Waals surface area contributed by atoms with Crippen LogP contribution in [-0.4, -0.2) is 24.3 Å². The van der Waals surface area contributed by atoms with Gasteiger partial charge in [-0.1, -0.05) is 40.9 Å². The Kier molecular flexibility index (Phi) is 6.50. The van der Waals surface area contributed by atoms with Crippen molar-refractivity contribution >= 4 is 38.9 Å². The Labute approximate surface area is 190 Å². The molecule has 13 heteroatoms. The lowest BCUT2D eigenvalue weighted by Gasteiger charge is -2.14. The third kappa shape index (κ3) is 4.88. The van der Waals surface area contributed by atoms with Crippen LogP contribution in [0.5, 0.6) is 0 Å². The number of alkyl halides is 3. The summed E-state index contributed by atoms with van der Waals surface area (Å²) in [7, 11) is -4.17. The first-order chi connectivity index (χ1) is 14.9. The zero-order valence-electron chi connectivity index (χ0n) is 16.0. The average Bonchev–Trinajstić information content (AvgIpc) is 3.18. The van der Waals surface area contributed by atoms with E-state index in [0.717, 1.165) is 11.8 Å². The van der Waals surface area contributed by atoms with E-state index >= 15 is 0 Å². The number of nitrogens with one attached hydrogen (secondary N) is 2. The van der Waals surface area contributed by atoms with E-state index in [9.17, 15) is 26.9 Å². The molecule has 0 atom stereocenters. The number of sulfonamides is 1. The summed E-state index contributed by atoms with van der Waals surface area (Å²) in [6, 6.07) is 8.89. The lowest BCUT2D eigenvalue weighted by atomic mass is 10.0. The van der Waals surface area contributed by atoms with E-state index in [2.05, 4.69) is 15.3 Å². The van der Waals surface area contributed by atoms with E-state index in [4.69, 9.17) is 23.2 Å². The van der Waals surface area contributed by atoms with Crippen molar-refractivity contribution in [3.05, 3.63) is 80.6 Å². The minimum absolute atomic E-state index is 0.0253. The third-order valence-corrected chi connectivity index (χ3v) is 6.04. The predicted octanol–water partition coefficient (Wildman–Crippen LogP) is 4.65.